The molecule has 0 aliphatic carbocycles. The van der Waals surface area contributed by atoms with Crippen molar-refractivity contribution in [3.8, 4) is 0 Å². The van der Waals surface area contributed by atoms with E-state index in [-0.39, 0.29) is 17.9 Å². The molecule has 1 aliphatic rings. The molecule has 3 amide bonds. The van der Waals surface area contributed by atoms with Crippen molar-refractivity contribution >= 4 is 34.9 Å². The van der Waals surface area contributed by atoms with Crippen LogP contribution in [0.3, 0.4) is 0 Å². The number of likely N-dealkylation sites (tertiary alicyclic amines) is 1. The summed E-state index contributed by atoms with van der Waals surface area (Å²) in [5.74, 6) is -0.271. The van der Waals surface area contributed by atoms with Crippen molar-refractivity contribution in [1.29, 1.82) is 0 Å². The number of carbonyl (C=O) groups excluding carboxylic acids is 2. The molecule has 130 valence electrons. The number of anilines is 2. The monoisotopic (exact) mass is 357 g/mol. The molecule has 0 bridgehead atoms. The first kappa shape index (κ1) is 17.3. The number of urea groups is 1. The minimum Gasteiger partial charge on any atom is -0.326 e. The second-order valence-electron chi connectivity index (χ2n) is 6.05. The van der Waals surface area contributed by atoms with Crippen LogP contribution in [0.5, 0.6) is 0 Å². The van der Waals surface area contributed by atoms with E-state index in [9.17, 15) is 9.59 Å². The Bertz CT molecular complexity index is 751. The maximum atomic E-state index is 12.5. The van der Waals surface area contributed by atoms with Gasteiger partial charge in [-0.25, -0.2) is 4.79 Å². The number of hydrogen-bond acceptors (Lipinski definition) is 2. The fraction of sp³-hybridized carbons (Fsp3) is 0.263. The zero-order valence-electron chi connectivity index (χ0n) is 13.7. The molecule has 6 heteroatoms. The van der Waals surface area contributed by atoms with Gasteiger partial charge in [0.2, 0.25) is 5.91 Å². The highest BCUT2D eigenvalue weighted by atomic mass is 35.5. The smallest absolute Gasteiger partial charge is 0.321 e. The van der Waals surface area contributed by atoms with E-state index in [1.54, 1.807) is 17.0 Å². The number of nitrogens with one attached hydrogen (secondary N) is 2. The first-order valence-electron chi connectivity index (χ1n) is 8.30. The molecular weight excluding hydrogens is 338 g/mol. The van der Waals surface area contributed by atoms with Crippen LogP contribution in [0.2, 0.25) is 5.02 Å². The van der Waals surface area contributed by atoms with E-state index in [2.05, 4.69) is 10.6 Å². The third kappa shape index (κ3) is 4.51. The van der Waals surface area contributed by atoms with Crippen molar-refractivity contribution in [2.24, 2.45) is 5.92 Å². The molecule has 2 N–H and O–H groups in total. The molecule has 1 saturated heterocycles. The lowest BCUT2D eigenvalue weighted by Crippen LogP contribution is -2.45. The molecule has 2 aromatic rings. The van der Waals surface area contributed by atoms with Crippen LogP contribution >= 0.6 is 11.6 Å². The summed E-state index contributed by atoms with van der Waals surface area (Å²) in [7, 11) is 0. The Morgan fingerprint density at radius 1 is 1.00 bits per heavy atom. The van der Waals surface area contributed by atoms with Gasteiger partial charge in [0.15, 0.2) is 0 Å². The zero-order valence-corrected chi connectivity index (χ0v) is 14.5. The summed E-state index contributed by atoms with van der Waals surface area (Å²) in [5.41, 5.74) is 1.34. The summed E-state index contributed by atoms with van der Waals surface area (Å²) in [6, 6.07) is 16.2. The van der Waals surface area contributed by atoms with Gasteiger partial charge in [-0.3, -0.25) is 4.79 Å². The number of amides is 3. The molecule has 1 atom stereocenters. The molecule has 2 aromatic carbocycles. The first-order valence-corrected chi connectivity index (χ1v) is 8.67. The van der Waals surface area contributed by atoms with Gasteiger partial charge >= 0.3 is 6.03 Å². The number of benzene rings is 2. The fourth-order valence-electron chi connectivity index (χ4n) is 2.90. The van der Waals surface area contributed by atoms with Crippen LogP contribution < -0.4 is 10.6 Å². The average Bonchev–Trinajstić information content (AvgIpc) is 2.64. The lowest BCUT2D eigenvalue weighted by molar-refractivity contribution is -0.121. The Balaban J connectivity index is 1.59. The maximum absolute atomic E-state index is 12.5. The SMILES string of the molecule is O=C(Nc1ccccc1)C1CCCN(C(=O)Nc2ccccc2Cl)C1. The van der Waals surface area contributed by atoms with Gasteiger partial charge in [0.25, 0.3) is 0 Å². The fourth-order valence-corrected chi connectivity index (χ4v) is 3.08. The largest absolute Gasteiger partial charge is 0.326 e. The molecule has 0 spiro atoms. The van der Waals surface area contributed by atoms with Gasteiger partial charge < -0.3 is 15.5 Å². The van der Waals surface area contributed by atoms with E-state index < -0.39 is 0 Å². The maximum Gasteiger partial charge on any atom is 0.321 e. The highest BCUT2D eigenvalue weighted by Gasteiger charge is 2.28. The van der Waals surface area contributed by atoms with Crippen LogP contribution in [0.25, 0.3) is 0 Å². The van der Waals surface area contributed by atoms with Gasteiger partial charge in [-0.1, -0.05) is 41.9 Å². The van der Waals surface area contributed by atoms with E-state index in [4.69, 9.17) is 11.6 Å². The predicted molar refractivity (Wildman–Crippen MR) is 99.8 cm³/mol. The lowest BCUT2D eigenvalue weighted by atomic mass is 9.97. The molecule has 1 unspecified atom stereocenters. The number of para-hydroxylation sites is 2. The van der Waals surface area contributed by atoms with E-state index in [1.165, 1.54) is 0 Å². The van der Waals surface area contributed by atoms with E-state index in [0.29, 0.717) is 23.8 Å². The number of piperidine rings is 1. The van der Waals surface area contributed by atoms with Crippen LogP contribution in [0.4, 0.5) is 16.2 Å². The normalized spacial score (nSPS) is 17.0. The van der Waals surface area contributed by atoms with E-state index in [0.717, 1.165) is 18.5 Å². The highest BCUT2D eigenvalue weighted by molar-refractivity contribution is 6.33. The predicted octanol–water partition coefficient (Wildman–Crippen LogP) is 4.22. The third-order valence-corrected chi connectivity index (χ3v) is 4.57. The third-order valence-electron chi connectivity index (χ3n) is 4.24. The van der Waals surface area contributed by atoms with Gasteiger partial charge in [-0.2, -0.15) is 0 Å². The average molecular weight is 358 g/mol. The number of halogens is 1. The molecule has 1 fully saturated rings. The molecule has 5 nitrogen and oxygen atoms in total. The Kier molecular flexibility index (Phi) is 5.56. The molecule has 0 aromatic heterocycles. The van der Waals surface area contributed by atoms with E-state index >= 15 is 0 Å². The summed E-state index contributed by atoms with van der Waals surface area (Å²) >= 11 is 6.08. The number of hydrogen-bond donors (Lipinski definition) is 2. The van der Waals surface area contributed by atoms with Crippen molar-refractivity contribution in [2.75, 3.05) is 23.7 Å². The number of nitrogens with zero attached hydrogens (tertiary/aromatic N) is 1. The van der Waals surface area contributed by atoms with Crippen LogP contribution in [0.1, 0.15) is 12.8 Å². The lowest BCUT2D eigenvalue weighted by Gasteiger charge is -2.32. The number of carbonyl (C=O) groups is 2. The van der Waals surface area contributed by atoms with Crippen LogP contribution in [0.15, 0.2) is 54.6 Å². The molecule has 1 aliphatic heterocycles. The van der Waals surface area contributed by atoms with Crippen molar-refractivity contribution in [2.45, 2.75) is 12.8 Å². The number of rotatable bonds is 3. The Morgan fingerprint density at radius 2 is 1.72 bits per heavy atom. The Hall–Kier alpha value is -2.53. The van der Waals surface area contributed by atoms with Crippen molar-refractivity contribution in [3.63, 3.8) is 0 Å². The van der Waals surface area contributed by atoms with Crippen LogP contribution in [-0.2, 0) is 4.79 Å². The van der Waals surface area contributed by atoms with Crippen LogP contribution in [-0.4, -0.2) is 29.9 Å². The summed E-state index contributed by atoms with van der Waals surface area (Å²) in [6.07, 6.45) is 1.57. The van der Waals surface area contributed by atoms with Crippen molar-refractivity contribution in [3.05, 3.63) is 59.6 Å². The summed E-state index contributed by atoms with van der Waals surface area (Å²) in [6.45, 7) is 1.03. The Labute approximate surface area is 152 Å². The van der Waals surface area contributed by atoms with Gasteiger partial charge in [-0.15, -0.1) is 0 Å². The molecule has 25 heavy (non-hydrogen) atoms. The van der Waals surface area contributed by atoms with Gasteiger partial charge in [0.05, 0.1) is 16.6 Å². The molecule has 0 saturated carbocycles. The summed E-state index contributed by atoms with van der Waals surface area (Å²) in [5, 5.41) is 6.22. The minimum atomic E-state index is -0.231. The molecule has 0 radical (unpaired) electrons. The quantitative estimate of drug-likeness (QED) is 0.863. The summed E-state index contributed by atoms with van der Waals surface area (Å²) in [4.78, 5) is 26.6. The van der Waals surface area contributed by atoms with Gasteiger partial charge in [-0.05, 0) is 37.1 Å². The first-order chi connectivity index (χ1) is 12.1. The second-order valence-corrected chi connectivity index (χ2v) is 6.46. The minimum absolute atomic E-state index is 0.0542. The van der Waals surface area contributed by atoms with Crippen molar-refractivity contribution < 1.29 is 9.59 Å². The highest BCUT2D eigenvalue weighted by Crippen LogP contribution is 2.23. The van der Waals surface area contributed by atoms with E-state index in [1.807, 2.05) is 42.5 Å². The van der Waals surface area contributed by atoms with Crippen LogP contribution in [0, 0.1) is 5.92 Å². The summed E-state index contributed by atoms with van der Waals surface area (Å²) < 4.78 is 0. The zero-order chi connectivity index (χ0) is 17.6. The Morgan fingerprint density at radius 3 is 2.48 bits per heavy atom. The second kappa shape index (κ2) is 8.03. The van der Waals surface area contributed by atoms with Gasteiger partial charge in [0, 0.05) is 18.8 Å². The molecule has 1 heterocycles. The molecule has 3 rings (SSSR count). The standard InChI is InChI=1S/C19H20ClN3O2/c20-16-10-4-5-11-17(16)22-19(25)23-12-6-7-14(13-23)18(24)21-15-8-2-1-3-9-15/h1-5,8-11,14H,6-7,12-13H2,(H,21,24)(H,22,25). The van der Waals surface area contributed by atoms with Crippen molar-refractivity contribution in [1.82, 2.24) is 4.90 Å². The topological polar surface area (TPSA) is 61.4 Å². The van der Waals surface area contributed by atoms with Gasteiger partial charge in [0.1, 0.15) is 0 Å². The molecular formula is C19H20ClN3O2.